The van der Waals surface area contributed by atoms with E-state index in [4.69, 9.17) is 5.73 Å². The number of anilines is 1. The quantitative estimate of drug-likeness (QED) is 0.699. The third-order valence-electron chi connectivity index (χ3n) is 2.24. The van der Waals surface area contributed by atoms with Crippen LogP contribution in [0.25, 0.3) is 0 Å². The molecule has 3 nitrogen and oxygen atoms in total. The molecule has 0 atom stereocenters. The van der Waals surface area contributed by atoms with Gasteiger partial charge in [0.15, 0.2) is 0 Å². The van der Waals surface area contributed by atoms with E-state index in [0.29, 0.717) is 6.54 Å². The van der Waals surface area contributed by atoms with Crippen molar-refractivity contribution in [1.82, 2.24) is 4.98 Å². The third-order valence-corrected chi connectivity index (χ3v) is 2.24. The molecule has 2 N–H and O–H groups in total. The molecule has 1 aliphatic heterocycles. The molecule has 64 valence electrons. The van der Waals surface area contributed by atoms with Gasteiger partial charge in [0.1, 0.15) is 5.82 Å². The molecule has 0 radical (unpaired) electrons. The van der Waals surface area contributed by atoms with Gasteiger partial charge in [0.05, 0.1) is 0 Å². The number of nitrogens with zero attached hydrogens (tertiary/aromatic N) is 2. The molecule has 1 aromatic rings. The number of aromatic nitrogens is 1. The van der Waals surface area contributed by atoms with E-state index in [1.807, 2.05) is 18.3 Å². The second-order valence-electron chi connectivity index (χ2n) is 3.03. The molecule has 1 aromatic heterocycles. The van der Waals surface area contributed by atoms with E-state index in [-0.39, 0.29) is 0 Å². The minimum atomic E-state index is 0.583. The van der Waals surface area contributed by atoms with Crippen LogP contribution in [0, 0.1) is 0 Å². The molecule has 0 amide bonds. The second-order valence-corrected chi connectivity index (χ2v) is 3.03. The van der Waals surface area contributed by atoms with Gasteiger partial charge in [-0.3, -0.25) is 0 Å². The van der Waals surface area contributed by atoms with Crippen LogP contribution in [0.15, 0.2) is 18.3 Å². The molecule has 2 rings (SSSR count). The molecule has 0 spiro atoms. The fraction of sp³-hybridized carbons (Fsp3) is 0.444. The molecule has 2 heterocycles. The van der Waals surface area contributed by atoms with Crippen molar-refractivity contribution >= 4 is 5.82 Å². The molecule has 1 fully saturated rings. The number of rotatable bonds is 2. The van der Waals surface area contributed by atoms with Crippen molar-refractivity contribution in [2.24, 2.45) is 5.73 Å². The fourth-order valence-electron chi connectivity index (χ4n) is 1.40. The highest BCUT2D eigenvalue weighted by Crippen LogP contribution is 2.21. The highest BCUT2D eigenvalue weighted by Gasteiger charge is 2.17. The van der Waals surface area contributed by atoms with Gasteiger partial charge in [0, 0.05) is 31.4 Å². The first-order chi connectivity index (χ1) is 5.92. The molecule has 0 unspecified atom stereocenters. The molecule has 0 aliphatic carbocycles. The van der Waals surface area contributed by atoms with Crippen LogP contribution in [0.2, 0.25) is 0 Å². The average molecular weight is 163 g/mol. The summed E-state index contributed by atoms with van der Waals surface area (Å²) in [6, 6.07) is 3.98. The van der Waals surface area contributed by atoms with Crippen molar-refractivity contribution in [2.45, 2.75) is 13.0 Å². The van der Waals surface area contributed by atoms with E-state index >= 15 is 0 Å². The van der Waals surface area contributed by atoms with Gasteiger partial charge in [0.2, 0.25) is 0 Å². The summed E-state index contributed by atoms with van der Waals surface area (Å²) >= 11 is 0. The first-order valence-corrected chi connectivity index (χ1v) is 4.31. The molecule has 0 aromatic carbocycles. The van der Waals surface area contributed by atoms with E-state index in [2.05, 4.69) is 9.88 Å². The Hall–Kier alpha value is -1.09. The summed E-state index contributed by atoms with van der Waals surface area (Å²) in [5.41, 5.74) is 6.75. The second kappa shape index (κ2) is 3.11. The van der Waals surface area contributed by atoms with Crippen molar-refractivity contribution in [3.63, 3.8) is 0 Å². The number of hydrogen-bond acceptors (Lipinski definition) is 3. The first-order valence-electron chi connectivity index (χ1n) is 4.31. The van der Waals surface area contributed by atoms with Gasteiger partial charge >= 0.3 is 0 Å². The summed E-state index contributed by atoms with van der Waals surface area (Å²) in [5.74, 6) is 1.08. The lowest BCUT2D eigenvalue weighted by Gasteiger charge is -2.33. The van der Waals surface area contributed by atoms with E-state index in [0.717, 1.165) is 24.5 Å². The summed E-state index contributed by atoms with van der Waals surface area (Å²) in [5, 5.41) is 0. The van der Waals surface area contributed by atoms with Gasteiger partial charge in [-0.2, -0.15) is 0 Å². The maximum absolute atomic E-state index is 5.60. The van der Waals surface area contributed by atoms with Crippen molar-refractivity contribution in [1.29, 1.82) is 0 Å². The molecular formula is C9H13N3. The zero-order valence-electron chi connectivity index (χ0n) is 7.03. The lowest BCUT2D eigenvalue weighted by Crippen LogP contribution is -2.38. The Bertz CT molecular complexity index is 268. The van der Waals surface area contributed by atoms with Crippen molar-refractivity contribution in [3.8, 4) is 0 Å². The summed E-state index contributed by atoms with van der Waals surface area (Å²) in [4.78, 5) is 6.58. The highest BCUT2D eigenvalue weighted by molar-refractivity contribution is 5.48. The Morgan fingerprint density at radius 1 is 1.50 bits per heavy atom. The van der Waals surface area contributed by atoms with E-state index in [1.54, 1.807) is 0 Å². The summed E-state index contributed by atoms with van der Waals surface area (Å²) in [6.07, 6.45) is 3.10. The van der Waals surface area contributed by atoms with Gasteiger partial charge in [0.25, 0.3) is 0 Å². The van der Waals surface area contributed by atoms with E-state index in [9.17, 15) is 0 Å². The van der Waals surface area contributed by atoms with Crippen LogP contribution < -0.4 is 10.6 Å². The van der Waals surface area contributed by atoms with Crippen LogP contribution >= 0.6 is 0 Å². The lowest BCUT2D eigenvalue weighted by atomic mass is 10.1. The maximum atomic E-state index is 5.60. The van der Waals surface area contributed by atoms with Gasteiger partial charge in [-0.1, -0.05) is 6.07 Å². The smallest absolute Gasteiger partial charge is 0.133 e. The number of nitrogens with two attached hydrogens (primary N) is 1. The van der Waals surface area contributed by atoms with Crippen molar-refractivity contribution < 1.29 is 0 Å². The molecule has 12 heavy (non-hydrogen) atoms. The van der Waals surface area contributed by atoms with Crippen molar-refractivity contribution in [2.75, 3.05) is 18.0 Å². The standard InChI is InChI=1S/C9H13N3/c10-7-8-3-1-4-11-9(8)12-5-2-6-12/h1,3-4H,2,5-7,10H2. The van der Waals surface area contributed by atoms with Crippen LogP contribution in [0.5, 0.6) is 0 Å². The predicted octanol–water partition coefficient (Wildman–Crippen LogP) is 0.750. The number of hydrogen-bond donors (Lipinski definition) is 1. The molecule has 3 heteroatoms. The zero-order chi connectivity index (χ0) is 8.39. The highest BCUT2D eigenvalue weighted by atomic mass is 15.2. The SMILES string of the molecule is NCc1cccnc1N1CCC1. The summed E-state index contributed by atoms with van der Waals surface area (Å²) in [7, 11) is 0. The topological polar surface area (TPSA) is 42.1 Å². The van der Waals surface area contributed by atoms with Gasteiger partial charge in [-0.05, 0) is 12.5 Å². The van der Waals surface area contributed by atoms with Gasteiger partial charge in [-0.15, -0.1) is 0 Å². The Morgan fingerprint density at radius 2 is 2.33 bits per heavy atom. The zero-order valence-corrected chi connectivity index (χ0v) is 7.03. The molecular weight excluding hydrogens is 150 g/mol. The van der Waals surface area contributed by atoms with Crippen LogP contribution in [-0.2, 0) is 6.54 Å². The normalized spacial score (nSPS) is 15.9. The first kappa shape index (κ1) is 7.55. The maximum Gasteiger partial charge on any atom is 0.133 e. The summed E-state index contributed by atoms with van der Waals surface area (Å²) < 4.78 is 0. The predicted molar refractivity (Wildman–Crippen MR) is 49.0 cm³/mol. The molecule has 0 saturated carbocycles. The van der Waals surface area contributed by atoms with E-state index < -0.39 is 0 Å². The molecule has 1 saturated heterocycles. The minimum absolute atomic E-state index is 0.583. The monoisotopic (exact) mass is 163 g/mol. The van der Waals surface area contributed by atoms with Gasteiger partial charge < -0.3 is 10.6 Å². The van der Waals surface area contributed by atoms with Crippen LogP contribution in [-0.4, -0.2) is 18.1 Å². The Morgan fingerprint density at radius 3 is 2.92 bits per heavy atom. The summed E-state index contributed by atoms with van der Waals surface area (Å²) in [6.45, 7) is 2.84. The largest absolute Gasteiger partial charge is 0.356 e. The Kier molecular flexibility index (Phi) is 1.96. The van der Waals surface area contributed by atoms with Crippen LogP contribution in [0.4, 0.5) is 5.82 Å². The minimum Gasteiger partial charge on any atom is -0.356 e. The Labute approximate surface area is 72.2 Å². The van der Waals surface area contributed by atoms with Crippen LogP contribution in [0.3, 0.4) is 0 Å². The molecule has 1 aliphatic rings. The van der Waals surface area contributed by atoms with Crippen LogP contribution in [0.1, 0.15) is 12.0 Å². The lowest BCUT2D eigenvalue weighted by molar-refractivity contribution is 0.606. The Balaban J connectivity index is 2.27. The third kappa shape index (κ3) is 1.16. The van der Waals surface area contributed by atoms with Gasteiger partial charge in [-0.25, -0.2) is 4.98 Å². The van der Waals surface area contributed by atoms with Crippen molar-refractivity contribution in [3.05, 3.63) is 23.9 Å². The number of pyridine rings is 1. The average Bonchev–Trinajstić information content (AvgIpc) is 2.02. The van der Waals surface area contributed by atoms with E-state index in [1.165, 1.54) is 6.42 Å². The fourth-order valence-corrected chi connectivity index (χ4v) is 1.40. The molecule has 0 bridgehead atoms.